The van der Waals surface area contributed by atoms with Gasteiger partial charge in [-0.25, -0.2) is 4.98 Å². The number of benzene rings is 1. The molecule has 0 bridgehead atoms. The topological polar surface area (TPSA) is 33.1 Å². The lowest BCUT2D eigenvalue weighted by atomic mass is 10.1. The van der Waals surface area contributed by atoms with E-state index in [4.69, 9.17) is 0 Å². The molecule has 2 rings (SSSR count). The molecule has 1 N–H and O–H groups in total. The van der Waals surface area contributed by atoms with Crippen LogP contribution in [0.2, 0.25) is 0 Å². The molecule has 1 aromatic carbocycles. The van der Waals surface area contributed by atoms with Crippen LogP contribution in [0.1, 0.15) is 36.2 Å². The normalized spacial score (nSPS) is 12.6. The molecule has 0 aliphatic heterocycles. The maximum Gasteiger partial charge on any atom is 0.0925 e. The molecule has 0 amide bonds. The zero-order valence-electron chi connectivity index (χ0n) is 10.6. The minimum Gasteiger partial charge on any atom is -0.389 e. The zero-order chi connectivity index (χ0) is 13.0. The van der Waals surface area contributed by atoms with Gasteiger partial charge in [-0.2, -0.15) is 0 Å². The van der Waals surface area contributed by atoms with Crippen molar-refractivity contribution in [2.45, 2.75) is 37.0 Å². The van der Waals surface area contributed by atoms with Crippen LogP contribution in [0.3, 0.4) is 0 Å². The number of nitrogens with zero attached hydrogens (tertiary/aromatic N) is 1. The van der Waals surface area contributed by atoms with Crippen LogP contribution in [0, 0.1) is 0 Å². The molecule has 18 heavy (non-hydrogen) atoms. The summed E-state index contributed by atoms with van der Waals surface area (Å²) < 4.78 is 0. The zero-order valence-corrected chi connectivity index (χ0v) is 12.2. The molecule has 2 aromatic rings. The van der Waals surface area contributed by atoms with E-state index in [0.717, 1.165) is 23.4 Å². The molecule has 0 aliphatic rings. The number of hydrogen-bond donors (Lipinski definition) is 1. The number of thiazole rings is 1. The number of aliphatic hydroxyl groups is 1. The average molecular weight is 279 g/mol. The van der Waals surface area contributed by atoms with Gasteiger partial charge in [0.2, 0.25) is 0 Å². The van der Waals surface area contributed by atoms with Crippen LogP contribution >= 0.6 is 23.1 Å². The minimum atomic E-state index is -0.394. The van der Waals surface area contributed by atoms with Gasteiger partial charge in [-0.05, 0) is 31.0 Å². The molecule has 0 radical (unpaired) electrons. The van der Waals surface area contributed by atoms with Crippen LogP contribution in [0.4, 0.5) is 0 Å². The van der Waals surface area contributed by atoms with E-state index in [-0.39, 0.29) is 0 Å². The molecule has 1 heterocycles. The second-order valence-electron chi connectivity index (χ2n) is 4.12. The highest BCUT2D eigenvalue weighted by molar-refractivity contribution is 7.98. The molecule has 0 aliphatic carbocycles. The van der Waals surface area contributed by atoms with E-state index >= 15 is 0 Å². The standard InChI is InChI=1S/C14H17NOS2/c1-3-14-15-12(9-18-14)8-17-13-6-4-11(5-7-13)10(2)16/h4-7,9-10,16H,3,8H2,1-2H3. The highest BCUT2D eigenvalue weighted by Gasteiger charge is 2.03. The summed E-state index contributed by atoms with van der Waals surface area (Å²) >= 11 is 3.51. The lowest BCUT2D eigenvalue weighted by molar-refractivity contribution is 0.199. The summed E-state index contributed by atoms with van der Waals surface area (Å²) in [7, 11) is 0. The Hall–Kier alpha value is -0.840. The fourth-order valence-corrected chi connectivity index (χ4v) is 3.22. The first-order chi connectivity index (χ1) is 8.69. The maximum atomic E-state index is 9.44. The van der Waals surface area contributed by atoms with Crippen molar-refractivity contribution in [1.82, 2.24) is 4.98 Å². The Balaban J connectivity index is 1.93. The number of thioether (sulfide) groups is 1. The van der Waals surface area contributed by atoms with Crippen molar-refractivity contribution in [2.24, 2.45) is 0 Å². The Morgan fingerprint density at radius 1 is 1.33 bits per heavy atom. The number of aromatic nitrogens is 1. The van der Waals surface area contributed by atoms with Crippen LogP contribution in [0.25, 0.3) is 0 Å². The summed E-state index contributed by atoms with van der Waals surface area (Å²) in [5.74, 6) is 0.907. The molecule has 0 fully saturated rings. The summed E-state index contributed by atoms with van der Waals surface area (Å²) in [5, 5.41) is 12.8. The highest BCUT2D eigenvalue weighted by atomic mass is 32.2. The number of aliphatic hydroxyl groups excluding tert-OH is 1. The van der Waals surface area contributed by atoms with E-state index in [0.29, 0.717) is 0 Å². The van der Waals surface area contributed by atoms with Crippen molar-refractivity contribution < 1.29 is 5.11 Å². The third kappa shape index (κ3) is 3.57. The molecular formula is C14H17NOS2. The number of hydrogen-bond acceptors (Lipinski definition) is 4. The first kappa shape index (κ1) is 13.6. The van der Waals surface area contributed by atoms with Crippen molar-refractivity contribution >= 4 is 23.1 Å². The van der Waals surface area contributed by atoms with E-state index in [1.165, 1.54) is 9.90 Å². The highest BCUT2D eigenvalue weighted by Crippen LogP contribution is 2.25. The Labute approximate surface area is 116 Å². The van der Waals surface area contributed by atoms with Crippen LogP contribution in [0.5, 0.6) is 0 Å². The Kier molecular flexibility index (Phi) is 4.80. The smallest absolute Gasteiger partial charge is 0.0925 e. The van der Waals surface area contributed by atoms with Gasteiger partial charge in [0.1, 0.15) is 0 Å². The molecular weight excluding hydrogens is 262 g/mol. The number of aryl methyl sites for hydroxylation is 1. The van der Waals surface area contributed by atoms with Crippen molar-refractivity contribution in [2.75, 3.05) is 0 Å². The second-order valence-corrected chi connectivity index (χ2v) is 6.11. The average Bonchev–Trinajstić information content (AvgIpc) is 2.85. The summed E-state index contributed by atoms with van der Waals surface area (Å²) in [6.45, 7) is 3.91. The van der Waals surface area contributed by atoms with Crippen LogP contribution in [-0.4, -0.2) is 10.1 Å². The Bertz CT molecular complexity index is 491. The Morgan fingerprint density at radius 2 is 2.06 bits per heavy atom. The SMILES string of the molecule is CCc1nc(CSc2ccc(C(C)O)cc2)cs1. The van der Waals surface area contributed by atoms with Crippen LogP contribution in [0.15, 0.2) is 34.5 Å². The second kappa shape index (κ2) is 6.36. The van der Waals surface area contributed by atoms with E-state index < -0.39 is 6.10 Å². The molecule has 1 aromatic heterocycles. The maximum absolute atomic E-state index is 9.44. The molecule has 0 saturated carbocycles. The predicted molar refractivity (Wildman–Crippen MR) is 78.1 cm³/mol. The molecule has 0 saturated heterocycles. The minimum absolute atomic E-state index is 0.394. The summed E-state index contributed by atoms with van der Waals surface area (Å²) in [4.78, 5) is 5.76. The van der Waals surface area contributed by atoms with Crippen LogP contribution in [-0.2, 0) is 12.2 Å². The Morgan fingerprint density at radius 3 is 2.61 bits per heavy atom. The van der Waals surface area contributed by atoms with E-state index in [1.54, 1.807) is 30.0 Å². The molecule has 2 nitrogen and oxygen atoms in total. The molecule has 1 unspecified atom stereocenters. The van der Waals surface area contributed by atoms with Crippen molar-refractivity contribution in [1.29, 1.82) is 0 Å². The monoisotopic (exact) mass is 279 g/mol. The largest absolute Gasteiger partial charge is 0.389 e. The van der Waals surface area contributed by atoms with Crippen LogP contribution < -0.4 is 0 Å². The van der Waals surface area contributed by atoms with E-state index in [9.17, 15) is 5.11 Å². The van der Waals surface area contributed by atoms with Gasteiger partial charge < -0.3 is 5.11 Å². The fraction of sp³-hybridized carbons (Fsp3) is 0.357. The van der Waals surface area contributed by atoms with Gasteiger partial charge >= 0.3 is 0 Å². The summed E-state index contributed by atoms with van der Waals surface area (Å²) in [6, 6.07) is 8.07. The van der Waals surface area contributed by atoms with E-state index in [1.807, 2.05) is 12.1 Å². The molecule has 1 atom stereocenters. The van der Waals surface area contributed by atoms with Gasteiger partial charge in [0.05, 0.1) is 16.8 Å². The predicted octanol–water partition coefficient (Wildman–Crippen LogP) is 4.05. The van der Waals surface area contributed by atoms with Gasteiger partial charge in [-0.15, -0.1) is 23.1 Å². The third-order valence-electron chi connectivity index (χ3n) is 2.65. The summed E-state index contributed by atoms with van der Waals surface area (Å²) in [5.41, 5.74) is 2.11. The summed E-state index contributed by atoms with van der Waals surface area (Å²) in [6.07, 6.45) is 0.619. The number of rotatable bonds is 5. The van der Waals surface area contributed by atoms with Crippen molar-refractivity contribution in [3.05, 3.63) is 45.9 Å². The molecule has 96 valence electrons. The van der Waals surface area contributed by atoms with Crippen molar-refractivity contribution in [3.8, 4) is 0 Å². The fourth-order valence-electron chi connectivity index (χ4n) is 1.58. The van der Waals surface area contributed by atoms with Gasteiger partial charge in [-0.3, -0.25) is 0 Å². The third-order valence-corrected chi connectivity index (χ3v) is 4.74. The molecule has 0 spiro atoms. The quantitative estimate of drug-likeness (QED) is 0.838. The van der Waals surface area contributed by atoms with Gasteiger partial charge in [0, 0.05) is 16.0 Å². The van der Waals surface area contributed by atoms with Gasteiger partial charge in [0.15, 0.2) is 0 Å². The first-order valence-corrected chi connectivity index (χ1v) is 7.89. The van der Waals surface area contributed by atoms with Crippen molar-refractivity contribution in [3.63, 3.8) is 0 Å². The van der Waals surface area contributed by atoms with Gasteiger partial charge in [-0.1, -0.05) is 19.1 Å². The molecule has 4 heteroatoms. The lowest BCUT2D eigenvalue weighted by Crippen LogP contribution is -1.89. The first-order valence-electron chi connectivity index (χ1n) is 6.03. The van der Waals surface area contributed by atoms with Gasteiger partial charge in [0.25, 0.3) is 0 Å². The van der Waals surface area contributed by atoms with E-state index in [2.05, 4.69) is 29.4 Å². The lowest BCUT2D eigenvalue weighted by Gasteiger charge is -2.05.